The van der Waals surface area contributed by atoms with Crippen LogP contribution in [0.25, 0.3) is 0 Å². The van der Waals surface area contributed by atoms with E-state index in [1.165, 1.54) is 16.8 Å². The van der Waals surface area contributed by atoms with Crippen LogP contribution in [0.2, 0.25) is 0 Å². The SMILES string of the molecule is CC(C)C(CC(=O)O)NC(=O)Cn1cc(Br)ccc1=O. The highest BCUT2D eigenvalue weighted by atomic mass is 79.9. The number of nitrogens with one attached hydrogen (secondary N) is 1. The average Bonchev–Trinajstić information content (AvgIpc) is 2.32. The molecule has 0 spiro atoms. The van der Waals surface area contributed by atoms with Crippen molar-refractivity contribution in [3.8, 4) is 0 Å². The van der Waals surface area contributed by atoms with E-state index in [0.717, 1.165) is 0 Å². The number of carbonyl (C=O) groups is 2. The van der Waals surface area contributed by atoms with E-state index in [1.807, 2.05) is 13.8 Å². The number of nitrogens with zero attached hydrogens (tertiary/aromatic N) is 1. The molecule has 0 bridgehead atoms. The van der Waals surface area contributed by atoms with Crippen LogP contribution in [-0.4, -0.2) is 27.6 Å². The van der Waals surface area contributed by atoms with Crippen molar-refractivity contribution in [2.75, 3.05) is 0 Å². The first-order valence-corrected chi connectivity index (χ1v) is 6.96. The minimum Gasteiger partial charge on any atom is -0.481 e. The zero-order valence-electron chi connectivity index (χ0n) is 11.3. The van der Waals surface area contributed by atoms with E-state index in [2.05, 4.69) is 21.2 Å². The molecule has 110 valence electrons. The Morgan fingerprint density at radius 1 is 1.40 bits per heavy atom. The Kier molecular flexibility index (Phi) is 5.94. The average molecular weight is 345 g/mol. The quantitative estimate of drug-likeness (QED) is 0.812. The van der Waals surface area contributed by atoms with Gasteiger partial charge in [-0.3, -0.25) is 14.4 Å². The monoisotopic (exact) mass is 344 g/mol. The molecule has 0 saturated carbocycles. The summed E-state index contributed by atoms with van der Waals surface area (Å²) in [6, 6.07) is 2.50. The maximum Gasteiger partial charge on any atom is 0.305 e. The molecule has 0 aliphatic carbocycles. The predicted molar refractivity (Wildman–Crippen MR) is 77.4 cm³/mol. The van der Waals surface area contributed by atoms with Crippen LogP contribution >= 0.6 is 15.9 Å². The summed E-state index contributed by atoms with van der Waals surface area (Å²) in [6.07, 6.45) is 1.38. The molecule has 1 rings (SSSR count). The van der Waals surface area contributed by atoms with Crippen molar-refractivity contribution >= 4 is 27.8 Å². The van der Waals surface area contributed by atoms with E-state index < -0.39 is 12.0 Å². The highest BCUT2D eigenvalue weighted by molar-refractivity contribution is 9.10. The van der Waals surface area contributed by atoms with Gasteiger partial charge >= 0.3 is 5.97 Å². The number of carboxylic acid groups (broad SMARTS) is 1. The Bertz CT molecular complexity index is 554. The minimum absolute atomic E-state index is 0.00529. The van der Waals surface area contributed by atoms with Crippen LogP contribution in [0.5, 0.6) is 0 Å². The van der Waals surface area contributed by atoms with Crippen LogP contribution in [0.4, 0.5) is 0 Å². The maximum atomic E-state index is 11.9. The third-order valence-corrected chi connectivity index (χ3v) is 3.28. The Morgan fingerprint density at radius 3 is 2.60 bits per heavy atom. The molecule has 1 heterocycles. The first-order chi connectivity index (χ1) is 9.29. The summed E-state index contributed by atoms with van der Waals surface area (Å²) in [5.41, 5.74) is -0.289. The van der Waals surface area contributed by atoms with Gasteiger partial charge in [0.15, 0.2) is 0 Å². The van der Waals surface area contributed by atoms with Crippen molar-refractivity contribution in [3.05, 3.63) is 33.2 Å². The fourth-order valence-electron chi connectivity index (χ4n) is 1.67. The van der Waals surface area contributed by atoms with Gasteiger partial charge in [0.2, 0.25) is 5.91 Å². The second kappa shape index (κ2) is 7.23. The van der Waals surface area contributed by atoms with Crippen LogP contribution in [0.1, 0.15) is 20.3 Å². The van der Waals surface area contributed by atoms with Crippen molar-refractivity contribution in [2.45, 2.75) is 32.9 Å². The van der Waals surface area contributed by atoms with E-state index >= 15 is 0 Å². The summed E-state index contributed by atoms with van der Waals surface area (Å²) >= 11 is 3.22. The molecule has 7 heteroatoms. The highest BCUT2D eigenvalue weighted by Gasteiger charge is 2.19. The van der Waals surface area contributed by atoms with Crippen LogP contribution in [0.15, 0.2) is 27.6 Å². The third kappa shape index (κ3) is 5.16. The summed E-state index contributed by atoms with van der Waals surface area (Å²) in [7, 11) is 0. The molecule has 0 fully saturated rings. The van der Waals surface area contributed by atoms with E-state index in [9.17, 15) is 14.4 Å². The fourth-order valence-corrected chi connectivity index (χ4v) is 2.05. The number of aliphatic carboxylic acids is 1. The summed E-state index contributed by atoms with van der Waals surface area (Å²) in [5.74, 6) is -1.36. The van der Waals surface area contributed by atoms with Gasteiger partial charge in [-0.15, -0.1) is 0 Å². The van der Waals surface area contributed by atoms with Gasteiger partial charge in [-0.05, 0) is 27.9 Å². The van der Waals surface area contributed by atoms with Crippen LogP contribution < -0.4 is 10.9 Å². The Balaban J connectivity index is 2.73. The lowest BCUT2D eigenvalue weighted by atomic mass is 10.0. The van der Waals surface area contributed by atoms with Gasteiger partial charge in [0.1, 0.15) is 6.54 Å². The predicted octanol–water partition coefficient (Wildman–Crippen LogP) is 1.23. The van der Waals surface area contributed by atoms with Gasteiger partial charge < -0.3 is 15.0 Å². The molecule has 1 aromatic rings. The zero-order chi connectivity index (χ0) is 15.3. The number of aromatic nitrogens is 1. The number of pyridine rings is 1. The summed E-state index contributed by atoms with van der Waals surface area (Å²) in [6.45, 7) is 3.53. The Labute approximate surface area is 124 Å². The molecule has 1 atom stereocenters. The third-order valence-electron chi connectivity index (χ3n) is 2.81. The number of rotatable bonds is 6. The molecule has 1 aromatic heterocycles. The Morgan fingerprint density at radius 2 is 2.05 bits per heavy atom. The number of hydrogen-bond acceptors (Lipinski definition) is 3. The molecule has 0 aromatic carbocycles. The molecule has 1 unspecified atom stereocenters. The lowest BCUT2D eigenvalue weighted by Gasteiger charge is -2.20. The van der Waals surface area contributed by atoms with Crippen LogP contribution in [-0.2, 0) is 16.1 Å². The largest absolute Gasteiger partial charge is 0.481 e. The van der Waals surface area contributed by atoms with Crippen molar-refractivity contribution in [1.82, 2.24) is 9.88 Å². The standard InChI is InChI=1S/C13H17BrN2O4/c1-8(2)10(5-13(19)20)15-11(17)7-16-6-9(14)3-4-12(16)18/h3-4,6,8,10H,5,7H2,1-2H3,(H,15,17)(H,19,20). The highest BCUT2D eigenvalue weighted by Crippen LogP contribution is 2.07. The minimum atomic E-state index is -0.969. The van der Waals surface area contributed by atoms with Crippen molar-refractivity contribution in [3.63, 3.8) is 0 Å². The van der Waals surface area contributed by atoms with Gasteiger partial charge in [0, 0.05) is 22.8 Å². The van der Waals surface area contributed by atoms with Gasteiger partial charge in [0.25, 0.3) is 5.56 Å². The Hall–Kier alpha value is -1.63. The normalized spacial score (nSPS) is 12.2. The first-order valence-electron chi connectivity index (χ1n) is 6.16. The molecule has 6 nitrogen and oxygen atoms in total. The molecule has 0 aliphatic heterocycles. The zero-order valence-corrected chi connectivity index (χ0v) is 12.9. The first kappa shape index (κ1) is 16.4. The lowest BCUT2D eigenvalue weighted by molar-refractivity contribution is -0.138. The number of halogens is 1. The molecular formula is C13H17BrN2O4. The van der Waals surface area contributed by atoms with Gasteiger partial charge in [-0.2, -0.15) is 0 Å². The number of amides is 1. The van der Waals surface area contributed by atoms with Crippen LogP contribution in [0, 0.1) is 5.92 Å². The van der Waals surface area contributed by atoms with E-state index in [-0.39, 0.29) is 30.3 Å². The molecule has 0 radical (unpaired) electrons. The van der Waals surface area contributed by atoms with E-state index in [1.54, 1.807) is 6.07 Å². The summed E-state index contributed by atoms with van der Waals surface area (Å²) in [4.78, 5) is 34.2. The summed E-state index contributed by atoms with van der Waals surface area (Å²) in [5, 5.41) is 11.5. The smallest absolute Gasteiger partial charge is 0.305 e. The molecular weight excluding hydrogens is 328 g/mol. The number of carbonyl (C=O) groups excluding carboxylic acids is 1. The number of hydrogen-bond donors (Lipinski definition) is 2. The van der Waals surface area contributed by atoms with Crippen molar-refractivity contribution in [2.24, 2.45) is 5.92 Å². The maximum absolute atomic E-state index is 11.9. The summed E-state index contributed by atoms with van der Waals surface area (Å²) < 4.78 is 1.95. The lowest BCUT2D eigenvalue weighted by Crippen LogP contribution is -2.42. The van der Waals surface area contributed by atoms with Crippen molar-refractivity contribution in [1.29, 1.82) is 0 Å². The molecule has 0 saturated heterocycles. The van der Waals surface area contributed by atoms with E-state index in [4.69, 9.17) is 5.11 Å². The van der Waals surface area contributed by atoms with Crippen LogP contribution in [0.3, 0.4) is 0 Å². The van der Waals surface area contributed by atoms with Crippen molar-refractivity contribution < 1.29 is 14.7 Å². The van der Waals surface area contributed by atoms with Gasteiger partial charge in [-0.25, -0.2) is 0 Å². The molecule has 20 heavy (non-hydrogen) atoms. The topological polar surface area (TPSA) is 88.4 Å². The molecule has 0 aliphatic rings. The molecule has 2 N–H and O–H groups in total. The molecule has 1 amide bonds. The fraction of sp³-hybridized carbons (Fsp3) is 0.462. The van der Waals surface area contributed by atoms with Gasteiger partial charge in [0.05, 0.1) is 6.42 Å². The van der Waals surface area contributed by atoms with E-state index in [0.29, 0.717) is 4.47 Å². The second-order valence-corrected chi connectivity index (χ2v) is 5.75. The number of carboxylic acids is 1. The van der Waals surface area contributed by atoms with Gasteiger partial charge in [-0.1, -0.05) is 13.8 Å². The second-order valence-electron chi connectivity index (χ2n) is 4.83.